The molecule has 2 saturated carbocycles. The minimum Gasteiger partial charge on any atom is -0.465 e. The van der Waals surface area contributed by atoms with Gasteiger partial charge in [-0.1, -0.05) is 13.8 Å². The van der Waals surface area contributed by atoms with Gasteiger partial charge in [0, 0.05) is 11.3 Å². The number of esters is 1. The van der Waals surface area contributed by atoms with E-state index < -0.39 is 5.79 Å². The molecule has 0 amide bonds. The Kier molecular flexibility index (Phi) is 4.62. The van der Waals surface area contributed by atoms with E-state index >= 15 is 0 Å². The zero-order valence-electron chi connectivity index (χ0n) is 18.3. The lowest BCUT2D eigenvalue weighted by atomic mass is 9.88. The van der Waals surface area contributed by atoms with E-state index in [0.29, 0.717) is 31.7 Å². The van der Waals surface area contributed by atoms with Crippen molar-refractivity contribution in [1.29, 1.82) is 0 Å². The van der Waals surface area contributed by atoms with Crippen molar-refractivity contribution in [1.82, 2.24) is 5.06 Å². The summed E-state index contributed by atoms with van der Waals surface area (Å²) in [4.78, 5) is 19.0. The van der Waals surface area contributed by atoms with Crippen LogP contribution in [0.4, 0.5) is 0 Å². The molecule has 3 saturated heterocycles. The van der Waals surface area contributed by atoms with Crippen LogP contribution in [0.3, 0.4) is 0 Å². The average molecular weight is 410 g/mol. The van der Waals surface area contributed by atoms with Gasteiger partial charge < -0.3 is 18.9 Å². The predicted octanol–water partition coefficient (Wildman–Crippen LogP) is 2.87. The number of rotatable bonds is 4. The predicted molar refractivity (Wildman–Crippen MR) is 103 cm³/mol. The number of carbonyl (C=O) groups excluding carboxylic acids is 1. The van der Waals surface area contributed by atoms with Crippen molar-refractivity contribution in [3.8, 4) is 0 Å². The summed E-state index contributed by atoms with van der Waals surface area (Å²) >= 11 is 0. The van der Waals surface area contributed by atoms with Gasteiger partial charge in [-0.3, -0.25) is 9.63 Å². The fraction of sp³-hybridized carbons (Fsp3) is 0.955. The molecule has 164 valence electrons. The van der Waals surface area contributed by atoms with Crippen LogP contribution in [-0.2, 0) is 28.6 Å². The lowest BCUT2D eigenvalue weighted by molar-refractivity contribution is -0.253. The first-order chi connectivity index (χ1) is 13.6. The molecule has 29 heavy (non-hydrogen) atoms. The van der Waals surface area contributed by atoms with Crippen LogP contribution >= 0.6 is 0 Å². The fourth-order valence-corrected chi connectivity index (χ4v) is 6.19. The Morgan fingerprint density at radius 3 is 2.48 bits per heavy atom. The first kappa shape index (κ1) is 20.2. The van der Waals surface area contributed by atoms with E-state index in [0.717, 1.165) is 25.7 Å². The zero-order chi connectivity index (χ0) is 20.6. The molecule has 2 aliphatic carbocycles. The Balaban J connectivity index is 1.41. The van der Waals surface area contributed by atoms with Gasteiger partial charge in [0.2, 0.25) is 0 Å². The van der Waals surface area contributed by atoms with Gasteiger partial charge in [-0.2, -0.15) is 0 Å². The number of ether oxygens (including phenoxy) is 4. The number of nitrogens with zero attached hydrogens (tertiary/aromatic N) is 1. The monoisotopic (exact) mass is 409 g/mol. The molecule has 5 aliphatic rings. The number of carbonyl (C=O) groups is 1. The topological polar surface area (TPSA) is 66.5 Å². The Hall–Kier alpha value is -0.730. The van der Waals surface area contributed by atoms with Gasteiger partial charge in [-0.05, 0) is 57.8 Å². The summed E-state index contributed by atoms with van der Waals surface area (Å²) in [5, 5.41) is 1.87. The van der Waals surface area contributed by atoms with Crippen molar-refractivity contribution in [3.05, 3.63) is 0 Å². The van der Waals surface area contributed by atoms with Crippen LogP contribution in [-0.4, -0.2) is 61.1 Å². The Bertz CT molecular complexity index is 674. The summed E-state index contributed by atoms with van der Waals surface area (Å²) in [7, 11) is 0. The number of fused-ring (bicyclic) bond motifs is 1. The van der Waals surface area contributed by atoms with Crippen molar-refractivity contribution < 1.29 is 28.6 Å². The molecule has 7 heteroatoms. The van der Waals surface area contributed by atoms with E-state index in [2.05, 4.69) is 13.8 Å². The quantitative estimate of drug-likeness (QED) is 0.662. The summed E-state index contributed by atoms with van der Waals surface area (Å²) in [5.74, 6) is -0.0661. The zero-order valence-corrected chi connectivity index (χ0v) is 18.3. The number of hydroxylamine groups is 2. The molecular formula is C22H35NO6. The molecule has 3 heterocycles. The van der Waals surface area contributed by atoms with Gasteiger partial charge >= 0.3 is 5.97 Å². The highest BCUT2D eigenvalue weighted by Crippen LogP contribution is 2.60. The molecule has 0 aromatic heterocycles. The maximum absolute atomic E-state index is 12.9. The molecular weight excluding hydrogens is 374 g/mol. The number of hydrogen-bond donors (Lipinski definition) is 0. The van der Waals surface area contributed by atoms with Gasteiger partial charge in [0.1, 0.15) is 18.4 Å². The van der Waals surface area contributed by atoms with E-state index in [-0.39, 0.29) is 41.3 Å². The molecule has 0 radical (unpaired) electrons. The Morgan fingerprint density at radius 2 is 1.86 bits per heavy atom. The van der Waals surface area contributed by atoms with Crippen LogP contribution in [0, 0.1) is 22.7 Å². The molecule has 1 spiro atoms. The summed E-state index contributed by atoms with van der Waals surface area (Å²) in [6, 6.07) is -0.368. The van der Waals surface area contributed by atoms with Crippen molar-refractivity contribution in [2.45, 2.75) is 90.6 Å². The highest BCUT2D eigenvalue weighted by molar-refractivity contribution is 5.78. The summed E-state index contributed by atoms with van der Waals surface area (Å²) < 4.78 is 24.1. The first-order valence-corrected chi connectivity index (χ1v) is 11.2. The standard InChI is InChI=1S/C22H35NO6/c1-6-25-19(24)17-22(7-8-22)12-27-23(17)18-14-10-20(2,3)9-13(14)16(28-18)15-11-26-21(4,5)29-15/h13-18H,6-12H2,1-5H3/t13-,14+,15-,16+,17-,18+/m1/s1. The average Bonchev–Trinajstić information content (AvgIpc) is 2.86. The largest absolute Gasteiger partial charge is 0.465 e. The van der Waals surface area contributed by atoms with E-state index in [9.17, 15) is 4.79 Å². The lowest BCUT2D eigenvalue weighted by Gasteiger charge is -2.33. The molecule has 3 aliphatic heterocycles. The van der Waals surface area contributed by atoms with E-state index in [1.165, 1.54) is 0 Å². The smallest absolute Gasteiger partial charge is 0.326 e. The Labute approximate surface area is 173 Å². The van der Waals surface area contributed by atoms with Gasteiger partial charge in [0.15, 0.2) is 5.79 Å². The van der Waals surface area contributed by atoms with Crippen molar-refractivity contribution in [2.75, 3.05) is 19.8 Å². The van der Waals surface area contributed by atoms with Crippen LogP contribution in [0.25, 0.3) is 0 Å². The van der Waals surface area contributed by atoms with Crippen LogP contribution in [0.2, 0.25) is 0 Å². The minimum absolute atomic E-state index is 0.0456. The van der Waals surface area contributed by atoms with Gasteiger partial charge in [0.05, 0.1) is 25.9 Å². The van der Waals surface area contributed by atoms with Crippen LogP contribution in [0.1, 0.15) is 60.3 Å². The van der Waals surface area contributed by atoms with Gasteiger partial charge in [-0.15, -0.1) is 5.06 Å². The first-order valence-electron chi connectivity index (χ1n) is 11.2. The third-order valence-corrected chi connectivity index (χ3v) is 7.60. The Morgan fingerprint density at radius 1 is 1.14 bits per heavy atom. The summed E-state index contributed by atoms with van der Waals surface area (Å²) in [6.07, 6.45) is 3.78. The van der Waals surface area contributed by atoms with Crippen LogP contribution in [0.5, 0.6) is 0 Å². The maximum Gasteiger partial charge on any atom is 0.326 e. The molecule has 5 fully saturated rings. The van der Waals surface area contributed by atoms with E-state index in [4.69, 9.17) is 23.8 Å². The SMILES string of the molecule is CCOC(=O)[C@H]1N([C@H]2O[C@H]([C@H]3COC(C)(C)O3)[C@@H]3CC(C)(C)C[C@@H]32)OCC12CC2. The molecule has 0 unspecified atom stereocenters. The highest BCUT2D eigenvalue weighted by Gasteiger charge is 2.66. The second kappa shape index (κ2) is 6.63. The summed E-state index contributed by atoms with van der Waals surface area (Å²) in [6.45, 7) is 11.9. The van der Waals surface area contributed by atoms with E-state index in [1.807, 2.05) is 25.8 Å². The fourth-order valence-electron chi connectivity index (χ4n) is 6.19. The molecule has 5 rings (SSSR count). The van der Waals surface area contributed by atoms with Crippen molar-refractivity contribution >= 4 is 5.97 Å². The third kappa shape index (κ3) is 3.33. The molecule has 6 atom stereocenters. The molecule has 0 bridgehead atoms. The van der Waals surface area contributed by atoms with Crippen LogP contribution < -0.4 is 0 Å². The molecule has 0 aromatic rings. The highest BCUT2D eigenvalue weighted by atomic mass is 16.8. The molecule has 0 aromatic carbocycles. The van der Waals surface area contributed by atoms with Gasteiger partial charge in [0.25, 0.3) is 0 Å². The van der Waals surface area contributed by atoms with Gasteiger partial charge in [-0.25, -0.2) is 0 Å². The lowest BCUT2D eigenvalue weighted by Crippen LogP contribution is -2.49. The third-order valence-electron chi connectivity index (χ3n) is 7.60. The minimum atomic E-state index is -0.578. The second-order valence-corrected chi connectivity index (χ2v) is 10.9. The molecule has 0 N–H and O–H groups in total. The summed E-state index contributed by atoms with van der Waals surface area (Å²) in [5.41, 5.74) is 0.146. The second-order valence-electron chi connectivity index (χ2n) is 10.9. The number of hydrogen-bond acceptors (Lipinski definition) is 7. The molecule has 7 nitrogen and oxygen atoms in total. The normalized spacial score (nSPS) is 44.3. The maximum atomic E-state index is 12.9. The van der Waals surface area contributed by atoms with E-state index in [1.54, 1.807) is 0 Å². The van der Waals surface area contributed by atoms with Crippen molar-refractivity contribution in [2.24, 2.45) is 22.7 Å². The van der Waals surface area contributed by atoms with Crippen molar-refractivity contribution in [3.63, 3.8) is 0 Å². The van der Waals surface area contributed by atoms with Crippen LogP contribution in [0.15, 0.2) is 0 Å².